The molecule has 0 radical (unpaired) electrons. The van der Waals surface area contributed by atoms with Gasteiger partial charge in [0.05, 0.1) is 11.6 Å². The Balaban J connectivity index is 2.90. The fourth-order valence-electron chi connectivity index (χ4n) is 2.40. The van der Waals surface area contributed by atoms with E-state index < -0.39 is 5.60 Å². The SMILES string of the molecule is CCCCC(O)(CC)C(NC)c1ccccc1. The molecule has 96 valence electrons. The third-order valence-corrected chi connectivity index (χ3v) is 3.53. The van der Waals surface area contributed by atoms with E-state index in [2.05, 4.69) is 31.3 Å². The monoisotopic (exact) mass is 235 g/mol. The van der Waals surface area contributed by atoms with Crippen molar-refractivity contribution in [3.63, 3.8) is 0 Å². The van der Waals surface area contributed by atoms with Crippen LogP contribution in [-0.2, 0) is 0 Å². The number of nitrogens with one attached hydrogen (secondary N) is 1. The zero-order chi connectivity index (χ0) is 12.7. The van der Waals surface area contributed by atoms with E-state index in [4.69, 9.17) is 0 Å². The molecule has 0 bridgehead atoms. The first-order valence-corrected chi connectivity index (χ1v) is 6.62. The lowest BCUT2D eigenvalue weighted by Gasteiger charge is -2.36. The van der Waals surface area contributed by atoms with Crippen molar-refractivity contribution >= 4 is 0 Å². The first kappa shape index (κ1) is 14.2. The maximum Gasteiger partial charge on any atom is 0.0838 e. The van der Waals surface area contributed by atoms with Gasteiger partial charge in [-0.3, -0.25) is 0 Å². The summed E-state index contributed by atoms with van der Waals surface area (Å²) in [4.78, 5) is 0. The third-order valence-electron chi connectivity index (χ3n) is 3.53. The number of rotatable bonds is 7. The van der Waals surface area contributed by atoms with Gasteiger partial charge in [-0.05, 0) is 25.5 Å². The van der Waals surface area contributed by atoms with Crippen LogP contribution >= 0.6 is 0 Å². The van der Waals surface area contributed by atoms with Gasteiger partial charge in [0.2, 0.25) is 0 Å². The zero-order valence-electron chi connectivity index (χ0n) is 11.2. The maximum absolute atomic E-state index is 10.8. The van der Waals surface area contributed by atoms with Crippen LogP contribution in [0.15, 0.2) is 30.3 Å². The fraction of sp³-hybridized carbons (Fsp3) is 0.600. The molecule has 0 amide bonds. The molecule has 2 unspecified atom stereocenters. The summed E-state index contributed by atoms with van der Waals surface area (Å²) in [7, 11) is 1.92. The molecule has 2 nitrogen and oxygen atoms in total. The Morgan fingerprint density at radius 2 is 1.88 bits per heavy atom. The summed E-state index contributed by atoms with van der Waals surface area (Å²) in [5, 5.41) is 14.1. The first-order valence-electron chi connectivity index (χ1n) is 6.62. The summed E-state index contributed by atoms with van der Waals surface area (Å²) in [5.41, 5.74) is 0.516. The molecule has 0 heterocycles. The average molecular weight is 235 g/mol. The lowest BCUT2D eigenvalue weighted by Crippen LogP contribution is -2.42. The molecule has 2 atom stereocenters. The second-order valence-electron chi connectivity index (χ2n) is 4.69. The largest absolute Gasteiger partial charge is 0.388 e. The molecule has 1 aromatic rings. The molecule has 2 heteroatoms. The van der Waals surface area contributed by atoms with Crippen molar-refractivity contribution < 1.29 is 5.11 Å². The van der Waals surface area contributed by atoms with Crippen LogP contribution < -0.4 is 5.32 Å². The Hall–Kier alpha value is -0.860. The van der Waals surface area contributed by atoms with Gasteiger partial charge in [-0.2, -0.15) is 0 Å². The lowest BCUT2D eigenvalue weighted by atomic mass is 9.82. The molecule has 1 rings (SSSR count). The highest BCUT2D eigenvalue weighted by molar-refractivity contribution is 5.22. The normalized spacial score (nSPS) is 16.5. The molecule has 0 saturated heterocycles. The summed E-state index contributed by atoms with van der Waals surface area (Å²) in [6.07, 6.45) is 3.80. The standard InChI is InChI=1S/C15H25NO/c1-4-6-12-15(17,5-2)14(16-3)13-10-8-7-9-11-13/h7-11,14,16-17H,4-6,12H2,1-3H3. The predicted molar refractivity (Wildman–Crippen MR) is 73.0 cm³/mol. The minimum Gasteiger partial charge on any atom is -0.388 e. The van der Waals surface area contributed by atoms with Gasteiger partial charge in [0.25, 0.3) is 0 Å². The number of likely N-dealkylation sites (N-methyl/N-ethyl adjacent to an activating group) is 1. The van der Waals surface area contributed by atoms with E-state index in [1.54, 1.807) is 0 Å². The highest BCUT2D eigenvalue weighted by atomic mass is 16.3. The molecule has 2 N–H and O–H groups in total. The van der Waals surface area contributed by atoms with Gasteiger partial charge in [-0.25, -0.2) is 0 Å². The number of aliphatic hydroxyl groups is 1. The molecule has 1 aromatic carbocycles. The van der Waals surface area contributed by atoms with E-state index >= 15 is 0 Å². The summed E-state index contributed by atoms with van der Waals surface area (Å²) >= 11 is 0. The summed E-state index contributed by atoms with van der Waals surface area (Å²) in [6.45, 7) is 4.22. The number of benzene rings is 1. The number of hydrogen-bond donors (Lipinski definition) is 2. The molecule has 0 spiro atoms. The smallest absolute Gasteiger partial charge is 0.0838 e. The van der Waals surface area contributed by atoms with E-state index in [-0.39, 0.29) is 6.04 Å². The molecular formula is C15H25NO. The highest BCUT2D eigenvalue weighted by Crippen LogP contribution is 2.32. The van der Waals surface area contributed by atoms with Crippen molar-refractivity contribution in [1.82, 2.24) is 5.32 Å². The van der Waals surface area contributed by atoms with Crippen molar-refractivity contribution in [3.8, 4) is 0 Å². The van der Waals surface area contributed by atoms with Gasteiger partial charge < -0.3 is 10.4 Å². The Bertz CT molecular complexity index is 312. The average Bonchev–Trinajstić information content (AvgIpc) is 2.38. The minimum atomic E-state index is -0.647. The number of hydrogen-bond acceptors (Lipinski definition) is 2. The van der Waals surface area contributed by atoms with E-state index in [9.17, 15) is 5.11 Å². The molecule has 0 aromatic heterocycles. The van der Waals surface area contributed by atoms with Crippen molar-refractivity contribution in [2.75, 3.05) is 7.05 Å². The summed E-state index contributed by atoms with van der Waals surface area (Å²) in [6, 6.07) is 10.2. The van der Waals surface area contributed by atoms with Gasteiger partial charge in [0.15, 0.2) is 0 Å². The van der Waals surface area contributed by atoms with E-state index in [0.717, 1.165) is 31.2 Å². The molecular weight excluding hydrogens is 210 g/mol. The van der Waals surface area contributed by atoms with E-state index in [1.165, 1.54) is 0 Å². The van der Waals surface area contributed by atoms with Crippen LogP contribution in [0, 0.1) is 0 Å². The molecule has 0 fully saturated rings. The molecule has 0 aliphatic heterocycles. The Labute approximate surface area is 105 Å². The van der Waals surface area contributed by atoms with Gasteiger partial charge in [0, 0.05) is 0 Å². The first-order chi connectivity index (χ1) is 8.18. The van der Waals surface area contributed by atoms with Gasteiger partial charge >= 0.3 is 0 Å². The molecule has 0 aliphatic rings. The Morgan fingerprint density at radius 3 is 2.35 bits per heavy atom. The van der Waals surface area contributed by atoms with Crippen molar-refractivity contribution in [3.05, 3.63) is 35.9 Å². The topological polar surface area (TPSA) is 32.3 Å². The fourth-order valence-corrected chi connectivity index (χ4v) is 2.40. The van der Waals surface area contributed by atoms with Gasteiger partial charge in [-0.15, -0.1) is 0 Å². The van der Waals surface area contributed by atoms with Crippen LogP contribution in [0.5, 0.6) is 0 Å². The maximum atomic E-state index is 10.8. The second kappa shape index (κ2) is 6.77. The van der Waals surface area contributed by atoms with Crippen molar-refractivity contribution in [2.45, 2.75) is 51.2 Å². The third kappa shape index (κ3) is 3.55. The van der Waals surface area contributed by atoms with Crippen LogP contribution in [0.3, 0.4) is 0 Å². The van der Waals surface area contributed by atoms with Crippen LogP contribution in [0.1, 0.15) is 51.1 Å². The van der Waals surface area contributed by atoms with E-state index in [1.807, 2.05) is 25.2 Å². The van der Waals surface area contributed by atoms with Crippen LogP contribution in [0.4, 0.5) is 0 Å². The Kier molecular flexibility index (Phi) is 5.66. The molecule has 0 aliphatic carbocycles. The van der Waals surface area contributed by atoms with Crippen molar-refractivity contribution in [2.24, 2.45) is 0 Å². The summed E-state index contributed by atoms with van der Waals surface area (Å²) < 4.78 is 0. The van der Waals surface area contributed by atoms with Crippen LogP contribution in [-0.4, -0.2) is 17.8 Å². The van der Waals surface area contributed by atoms with E-state index in [0.29, 0.717) is 0 Å². The lowest BCUT2D eigenvalue weighted by molar-refractivity contribution is -0.0108. The predicted octanol–water partition coefficient (Wildman–Crippen LogP) is 3.28. The number of unbranched alkanes of at least 4 members (excludes halogenated alkanes) is 1. The van der Waals surface area contributed by atoms with Crippen LogP contribution in [0.2, 0.25) is 0 Å². The van der Waals surface area contributed by atoms with Gasteiger partial charge in [0.1, 0.15) is 0 Å². The van der Waals surface area contributed by atoms with Crippen molar-refractivity contribution in [1.29, 1.82) is 0 Å². The molecule has 17 heavy (non-hydrogen) atoms. The minimum absolute atomic E-state index is 0.0141. The highest BCUT2D eigenvalue weighted by Gasteiger charge is 2.34. The Morgan fingerprint density at radius 1 is 1.24 bits per heavy atom. The van der Waals surface area contributed by atoms with Gasteiger partial charge in [-0.1, -0.05) is 57.0 Å². The second-order valence-corrected chi connectivity index (χ2v) is 4.69. The zero-order valence-corrected chi connectivity index (χ0v) is 11.2. The summed E-state index contributed by atoms with van der Waals surface area (Å²) in [5.74, 6) is 0. The molecule has 0 saturated carbocycles. The quantitative estimate of drug-likeness (QED) is 0.760. The van der Waals surface area contributed by atoms with Crippen LogP contribution in [0.25, 0.3) is 0 Å².